The van der Waals surface area contributed by atoms with Crippen LogP contribution in [0.4, 0.5) is 0 Å². The van der Waals surface area contributed by atoms with Gasteiger partial charge in [0.1, 0.15) is 36.2 Å². The monoisotopic (exact) mass is 596 g/mol. The quantitative estimate of drug-likeness (QED) is 0.192. The highest BCUT2D eigenvalue weighted by molar-refractivity contribution is 6.11. The van der Waals surface area contributed by atoms with Gasteiger partial charge in [0.05, 0.1) is 40.5 Å². The number of aliphatic hydroxyl groups excluding tert-OH is 1. The zero-order chi connectivity index (χ0) is 30.9. The molecule has 0 atom stereocenters. The fourth-order valence-corrected chi connectivity index (χ4v) is 4.47. The summed E-state index contributed by atoms with van der Waals surface area (Å²) in [5.74, 6) is 1.81. The van der Waals surface area contributed by atoms with E-state index < -0.39 is 0 Å². The summed E-state index contributed by atoms with van der Waals surface area (Å²) in [5, 5.41) is 9.11. The summed E-state index contributed by atoms with van der Waals surface area (Å²) in [6.45, 7) is 9.44. The number of hydrogen-bond acceptors (Lipinski definition) is 10. The van der Waals surface area contributed by atoms with E-state index in [-0.39, 0.29) is 24.6 Å². The van der Waals surface area contributed by atoms with Crippen molar-refractivity contribution >= 4 is 23.7 Å². The third-order valence-corrected chi connectivity index (χ3v) is 6.98. The van der Waals surface area contributed by atoms with Crippen LogP contribution in [-0.2, 0) is 14.3 Å². The van der Waals surface area contributed by atoms with Gasteiger partial charge >= 0.3 is 0 Å². The second-order valence-corrected chi connectivity index (χ2v) is 9.89. The van der Waals surface area contributed by atoms with Crippen molar-refractivity contribution in [2.24, 2.45) is 0 Å². The molecule has 3 rings (SSSR count). The predicted molar refractivity (Wildman–Crippen MR) is 166 cm³/mol. The first-order valence-corrected chi connectivity index (χ1v) is 14.6. The van der Waals surface area contributed by atoms with Gasteiger partial charge in [-0.1, -0.05) is 6.92 Å². The molecule has 0 spiro atoms. The molecule has 0 amide bonds. The minimum atomic E-state index is -0.323. The van der Waals surface area contributed by atoms with E-state index in [1.54, 1.807) is 50.6 Å². The average molecular weight is 597 g/mol. The summed E-state index contributed by atoms with van der Waals surface area (Å²) >= 11 is 0. The summed E-state index contributed by atoms with van der Waals surface area (Å²) in [6, 6.07) is 10.8. The lowest BCUT2D eigenvalue weighted by atomic mass is 10.1. The van der Waals surface area contributed by atoms with E-state index in [0.717, 1.165) is 39.4 Å². The van der Waals surface area contributed by atoms with Crippen LogP contribution in [0.2, 0.25) is 0 Å². The van der Waals surface area contributed by atoms with Gasteiger partial charge in [-0.2, -0.15) is 0 Å². The Hall–Kier alpha value is -3.70. The molecule has 10 nitrogen and oxygen atoms in total. The third kappa shape index (κ3) is 11.8. The van der Waals surface area contributed by atoms with Crippen LogP contribution in [0, 0.1) is 0 Å². The van der Waals surface area contributed by atoms with Crippen molar-refractivity contribution in [2.75, 3.05) is 86.5 Å². The maximum absolute atomic E-state index is 12.5. The number of likely N-dealkylation sites (N-methyl/N-ethyl adjacent to an activating group) is 1. The zero-order valence-electron chi connectivity index (χ0n) is 25.5. The molecular formula is C33H44N2O8. The molecule has 0 radical (unpaired) electrons. The van der Waals surface area contributed by atoms with Crippen molar-refractivity contribution in [3.8, 4) is 23.0 Å². The van der Waals surface area contributed by atoms with Crippen LogP contribution in [0.3, 0.4) is 0 Å². The Morgan fingerprint density at radius 1 is 0.884 bits per heavy atom. The SMILES string of the molecule is CCN(CCO)CCOc1ccc(/C=C/C(=O)CC(=O)/C=C/c2ccc(OCCN3CCOCC3)cc2OC)c(OC)c1. The molecule has 1 aliphatic heterocycles. The number of methoxy groups -OCH3 is 2. The van der Waals surface area contributed by atoms with Crippen LogP contribution in [-0.4, -0.2) is 113 Å². The molecule has 0 saturated carbocycles. The Labute approximate surface area is 254 Å². The number of benzene rings is 2. The summed E-state index contributed by atoms with van der Waals surface area (Å²) in [6.07, 6.45) is 5.77. The van der Waals surface area contributed by atoms with E-state index in [2.05, 4.69) is 9.80 Å². The fraction of sp³-hybridized carbons (Fsp3) is 0.455. The number of allylic oxidation sites excluding steroid dienone is 2. The predicted octanol–water partition coefficient (Wildman–Crippen LogP) is 3.36. The number of ether oxygens (including phenoxy) is 5. The number of morpholine rings is 1. The van der Waals surface area contributed by atoms with E-state index in [4.69, 9.17) is 28.8 Å². The standard InChI is InChI=1S/C33H44N2O8/c1-4-34(13-18-36)16-21-42-30-11-7-26(32(24-30)39-2)5-9-28(37)23-29(38)10-6-27-8-12-31(25-33(27)40-3)43-22-17-35-14-19-41-20-15-35/h5-12,24-25,36H,4,13-23H2,1-3H3/b9-5+,10-6+. The van der Waals surface area contributed by atoms with Crippen molar-refractivity contribution in [1.29, 1.82) is 0 Å². The van der Waals surface area contributed by atoms with Gasteiger partial charge < -0.3 is 28.8 Å². The molecule has 0 aliphatic carbocycles. The van der Waals surface area contributed by atoms with E-state index in [9.17, 15) is 9.59 Å². The molecule has 1 aliphatic rings. The molecule has 1 heterocycles. The molecule has 1 saturated heterocycles. The van der Waals surface area contributed by atoms with Crippen molar-refractivity contribution in [2.45, 2.75) is 13.3 Å². The van der Waals surface area contributed by atoms with Gasteiger partial charge in [0.15, 0.2) is 11.6 Å². The van der Waals surface area contributed by atoms with Crippen LogP contribution in [0.15, 0.2) is 48.6 Å². The molecular weight excluding hydrogens is 552 g/mol. The van der Waals surface area contributed by atoms with Crippen molar-refractivity contribution in [1.82, 2.24) is 9.80 Å². The second kappa shape index (κ2) is 18.8. The van der Waals surface area contributed by atoms with E-state index in [1.807, 2.05) is 19.1 Å². The number of carbonyl (C=O) groups is 2. The number of rotatable bonds is 19. The Bertz CT molecular complexity index is 1140. The number of nitrogens with zero attached hydrogens (tertiary/aromatic N) is 2. The minimum absolute atomic E-state index is 0.109. The van der Waals surface area contributed by atoms with Crippen LogP contribution in [0.5, 0.6) is 23.0 Å². The third-order valence-electron chi connectivity index (χ3n) is 6.98. The van der Waals surface area contributed by atoms with Gasteiger partial charge in [-0.05, 0) is 55.1 Å². The number of carbonyl (C=O) groups excluding carboxylic acids is 2. The maximum atomic E-state index is 12.5. The lowest BCUT2D eigenvalue weighted by Gasteiger charge is -2.26. The second-order valence-electron chi connectivity index (χ2n) is 9.89. The molecule has 0 bridgehead atoms. The number of hydrogen-bond donors (Lipinski definition) is 1. The minimum Gasteiger partial charge on any atom is -0.496 e. The molecule has 2 aromatic rings. The van der Waals surface area contributed by atoms with E-state index >= 15 is 0 Å². The molecule has 10 heteroatoms. The van der Waals surface area contributed by atoms with Crippen LogP contribution in [0.1, 0.15) is 24.5 Å². The normalized spacial score (nSPS) is 14.0. The first kappa shape index (κ1) is 33.8. The Morgan fingerprint density at radius 2 is 1.44 bits per heavy atom. The molecule has 43 heavy (non-hydrogen) atoms. The first-order valence-electron chi connectivity index (χ1n) is 14.6. The van der Waals surface area contributed by atoms with Gasteiger partial charge in [-0.3, -0.25) is 19.4 Å². The average Bonchev–Trinajstić information content (AvgIpc) is 3.03. The van der Waals surface area contributed by atoms with Gasteiger partial charge in [-0.25, -0.2) is 0 Å². The topological polar surface area (TPSA) is 107 Å². The van der Waals surface area contributed by atoms with Crippen LogP contribution < -0.4 is 18.9 Å². The maximum Gasteiger partial charge on any atom is 0.163 e. The van der Waals surface area contributed by atoms with E-state index in [0.29, 0.717) is 60.4 Å². The Balaban J connectivity index is 1.49. The summed E-state index contributed by atoms with van der Waals surface area (Å²) in [7, 11) is 3.11. The summed E-state index contributed by atoms with van der Waals surface area (Å²) < 4.78 is 28.0. The van der Waals surface area contributed by atoms with Crippen molar-refractivity contribution in [3.63, 3.8) is 0 Å². The summed E-state index contributed by atoms with van der Waals surface area (Å²) in [4.78, 5) is 29.4. The van der Waals surface area contributed by atoms with Crippen molar-refractivity contribution < 1.29 is 38.4 Å². The number of aliphatic hydroxyl groups is 1. The molecule has 1 fully saturated rings. The highest BCUT2D eigenvalue weighted by atomic mass is 16.5. The lowest BCUT2D eigenvalue weighted by molar-refractivity contribution is -0.121. The molecule has 1 N–H and O–H groups in total. The molecule has 0 aromatic heterocycles. The Morgan fingerprint density at radius 3 is 1.95 bits per heavy atom. The molecule has 0 unspecified atom stereocenters. The highest BCUT2D eigenvalue weighted by Crippen LogP contribution is 2.27. The first-order chi connectivity index (χ1) is 20.9. The zero-order valence-corrected chi connectivity index (χ0v) is 25.5. The van der Waals surface area contributed by atoms with Gasteiger partial charge in [0.25, 0.3) is 0 Å². The largest absolute Gasteiger partial charge is 0.496 e. The lowest BCUT2D eigenvalue weighted by Crippen LogP contribution is -2.38. The van der Waals surface area contributed by atoms with Crippen LogP contribution >= 0.6 is 0 Å². The van der Waals surface area contributed by atoms with Crippen molar-refractivity contribution in [3.05, 3.63) is 59.7 Å². The fourth-order valence-electron chi connectivity index (χ4n) is 4.47. The molecule has 2 aromatic carbocycles. The smallest absolute Gasteiger partial charge is 0.163 e. The van der Waals surface area contributed by atoms with Gasteiger partial charge in [0, 0.05) is 56.0 Å². The van der Waals surface area contributed by atoms with Gasteiger partial charge in [0.2, 0.25) is 0 Å². The summed E-state index contributed by atoms with van der Waals surface area (Å²) in [5.41, 5.74) is 1.40. The highest BCUT2D eigenvalue weighted by Gasteiger charge is 2.11. The van der Waals surface area contributed by atoms with Crippen LogP contribution in [0.25, 0.3) is 12.2 Å². The Kier molecular flexibility index (Phi) is 14.7. The van der Waals surface area contributed by atoms with Gasteiger partial charge in [-0.15, -0.1) is 0 Å². The number of ketones is 2. The van der Waals surface area contributed by atoms with E-state index in [1.165, 1.54) is 12.2 Å². The molecule has 234 valence electrons.